The normalized spacial score (nSPS) is 26.8. The standard InChI is InChI=1S/C45H34N4/c1-27-20-22-31-33-15-10-17-35-34-16-9-14-32-30-13-5-6-18-36(30)47(41(32)34)37-23-21-29(26-39(37)48(42(33)35)38(31)25-27)44-46-43(28-11-3-2-4-12-28)45-24-8-7-19-40(45)49(44)45/h2-24,26-27,40,43-44,46H,25H2,1H3. The van der Waals surface area contributed by atoms with E-state index in [0.717, 1.165) is 6.42 Å². The lowest BCUT2D eigenvalue weighted by atomic mass is 9.87. The topological polar surface area (TPSA) is 23.9 Å². The Hall–Kier alpha value is -5.42. The van der Waals surface area contributed by atoms with E-state index in [1.807, 2.05) is 0 Å². The van der Waals surface area contributed by atoms with E-state index in [1.165, 1.54) is 76.9 Å². The van der Waals surface area contributed by atoms with Gasteiger partial charge in [0.25, 0.3) is 0 Å². The monoisotopic (exact) mass is 630 g/mol. The zero-order valence-corrected chi connectivity index (χ0v) is 27.2. The highest BCUT2D eigenvalue weighted by atomic mass is 15.5. The molecule has 2 aliphatic carbocycles. The van der Waals surface area contributed by atoms with Crippen LogP contribution in [0, 0.1) is 5.92 Å². The van der Waals surface area contributed by atoms with Gasteiger partial charge in [-0.25, -0.2) is 0 Å². The molecule has 8 aromatic rings. The van der Waals surface area contributed by atoms with Crippen molar-refractivity contribution in [3.63, 3.8) is 0 Å². The molecule has 3 aromatic heterocycles. The van der Waals surface area contributed by atoms with Crippen LogP contribution >= 0.6 is 0 Å². The first-order chi connectivity index (χ1) is 24.2. The van der Waals surface area contributed by atoms with Crippen molar-refractivity contribution in [2.24, 2.45) is 5.92 Å². The quantitative estimate of drug-likeness (QED) is 0.192. The summed E-state index contributed by atoms with van der Waals surface area (Å²) in [6.45, 7) is 2.35. The first-order valence-electron chi connectivity index (χ1n) is 17.7. The Bertz CT molecular complexity index is 2830. The van der Waals surface area contributed by atoms with Gasteiger partial charge in [-0.15, -0.1) is 0 Å². The van der Waals surface area contributed by atoms with Crippen LogP contribution < -0.4 is 5.32 Å². The fourth-order valence-corrected chi connectivity index (χ4v) is 10.1. The lowest BCUT2D eigenvalue weighted by Crippen LogP contribution is -2.32. The lowest BCUT2D eigenvalue weighted by molar-refractivity contribution is 0.371. The molecule has 2 aliphatic heterocycles. The Labute approximate surface area is 283 Å². The molecule has 6 unspecified atom stereocenters. The van der Waals surface area contributed by atoms with E-state index in [2.05, 4.69) is 172 Å². The first-order valence-corrected chi connectivity index (χ1v) is 17.7. The average Bonchev–Trinajstić information content (AvgIpc) is 3.35. The van der Waals surface area contributed by atoms with Crippen LogP contribution in [0.1, 0.15) is 41.5 Å². The molecule has 0 amide bonds. The van der Waals surface area contributed by atoms with Gasteiger partial charge in [0.15, 0.2) is 0 Å². The summed E-state index contributed by atoms with van der Waals surface area (Å²) in [4.78, 5) is 2.69. The molecule has 49 heavy (non-hydrogen) atoms. The third-order valence-electron chi connectivity index (χ3n) is 12.1. The van der Waals surface area contributed by atoms with Crippen molar-refractivity contribution in [3.8, 4) is 0 Å². The van der Waals surface area contributed by atoms with Gasteiger partial charge in [0.05, 0.1) is 51.4 Å². The number of allylic oxidation sites excluding steroid dienone is 3. The second-order valence-electron chi connectivity index (χ2n) is 14.6. The van der Waals surface area contributed by atoms with Gasteiger partial charge in [-0.1, -0.05) is 134 Å². The zero-order chi connectivity index (χ0) is 32.0. The van der Waals surface area contributed by atoms with Gasteiger partial charge in [0.2, 0.25) is 0 Å². The van der Waals surface area contributed by atoms with Crippen molar-refractivity contribution in [2.75, 3.05) is 0 Å². The highest BCUT2D eigenvalue weighted by Crippen LogP contribution is 2.62. The number of hydrogen-bond donors (Lipinski definition) is 1. The summed E-state index contributed by atoms with van der Waals surface area (Å²) in [5.74, 6) is 0.474. The van der Waals surface area contributed by atoms with Gasteiger partial charge in [-0.2, -0.15) is 0 Å². The molecule has 5 heterocycles. The van der Waals surface area contributed by atoms with Crippen LogP contribution in [0.2, 0.25) is 0 Å². The smallest absolute Gasteiger partial charge is 0.0881 e. The van der Waals surface area contributed by atoms with E-state index in [-0.39, 0.29) is 17.7 Å². The van der Waals surface area contributed by atoms with Gasteiger partial charge in [-0.3, -0.25) is 10.2 Å². The molecule has 4 nitrogen and oxygen atoms in total. The summed E-state index contributed by atoms with van der Waals surface area (Å²) < 4.78 is 5.19. The van der Waals surface area contributed by atoms with Crippen LogP contribution in [-0.4, -0.2) is 25.3 Å². The second-order valence-corrected chi connectivity index (χ2v) is 14.6. The molecule has 1 spiro atoms. The summed E-state index contributed by atoms with van der Waals surface area (Å²) in [6, 6.07) is 41.7. The maximum Gasteiger partial charge on any atom is 0.0881 e. The summed E-state index contributed by atoms with van der Waals surface area (Å²) in [5.41, 5.74) is 11.7. The number of aromatic nitrogens is 2. The number of fused-ring (bicyclic) bond motifs is 11. The van der Waals surface area contributed by atoms with Crippen LogP contribution in [0.4, 0.5) is 0 Å². The molecule has 2 saturated heterocycles. The number of para-hydroxylation sites is 3. The second kappa shape index (κ2) is 9.17. The fourth-order valence-electron chi connectivity index (χ4n) is 10.1. The van der Waals surface area contributed by atoms with Crippen molar-refractivity contribution in [2.45, 2.75) is 37.1 Å². The van der Waals surface area contributed by atoms with Crippen molar-refractivity contribution in [3.05, 3.63) is 162 Å². The maximum absolute atomic E-state index is 4.13. The molecule has 0 bridgehead atoms. The summed E-state index contributed by atoms with van der Waals surface area (Å²) in [6.07, 6.45) is 15.2. The third kappa shape index (κ3) is 3.22. The average molecular weight is 631 g/mol. The minimum absolute atomic E-state index is 0.0422. The first kappa shape index (κ1) is 26.5. The van der Waals surface area contributed by atoms with Crippen molar-refractivity contribution < 1.29 is 0 Å². The van der Waals surface area contributed by atoms with Crippen LogP contribution in [0.15, 0.2) is 140 Å². The molecule has 1 N–H and O–H groups in total. The zero-order valence-electron chi connectivity index (χ0n) is 27.2. The highest BCUT2D eigenvalue weighted by molar-refractivity contribution is 6.22. The van der Waals surface area contributed by atoms with E-state index in [4.69, 9.17) is 0 Å². The number of hydrogen-bond acceptors (Lipinski definition) is 2. The van der Waals surface area contributed by atoms with Gasteiger partial charge < -0.3 is 8.80 Å². The van der Waals surface area contributed by atoms with Gasteiger partial charge in [0.1, 0.15) is 0 Å². The molecular formula is C45H34N4. The molecule has 234 valence electrons. The van der Waals surface area contributed by atoms with Crippen LogP contribution in [-0.2, 0) is 6.42 Å². The summed E-state index contributed by atoms with van der Waals surface area (Å²) in [7, 11) is 0. The van der Waals surface area contributed by atoms with Crippen molar-refractivity contribution in [1.29, 1.82) is 0 Å². The Morgan fingerprint density at radius 3 is 2.22 bits per heavy atom. The molecular weight excluding hydrogens is 597 g/mol. The predicted octanol–water partition coefficient (Wildman–Crippen LogP) is 9.90. The Balaban J connectivity index is 1.23. The van der Waals surface area contributed by atoms with E-state index in [0.29, 0.717) is 12.0 Å². The molecule has 0 radical (unpaired) electrons. The van der Waals surface area contributed by atoms with E-state index in [9.17, 15) is 0 Å². The molecule has 0 saturated carbocycles. The Morgan fingerprint density at radius 1 is 0.633 bits per heavy atom. The number of nitrogens with one attached hydrogen (secondary N) is 1. The Kier molecular flexibility index (Phi) is 4.97. The van der Waals surface area contributed by atoms with Gasteiger partial charge in [0, 0.05) is 38.2 Å². The third-order valence-corrected chi connectivity index (χ3v) is 12.1. The molecule has 4 aliphatic rings. The highest BCUT2D eigenvalue weighted by Gasteiger charge is 2.71. The van der Waals surface area contributed by atoms with Gasteiger partial charge in [-0.05, 0) is 41.7 Å². The predicted molar refractivity (Wildman–Crippen MR) is 202 cm³/mol. The minimum Gasteiger partial charge on any atom is -0.310 e. The molecule has 12 rings (SSSR count). The minimum atomic E-state index is -0.0422. The van der Waals surface area contributed by atoms with Gasteiger partial charge >= 0.3 is 0 Å². The molecule has 6 atom stereocenters. The van der Waals surface area contributed by atoms with E-state index >= 15 is 0 Å². The van der Waals surface area contributed by atoms with Crippen molar-refractivity contribution >= 4 is 60.6 Å². The maximum atomic E-state index is 4.13. The fraction of sp³-hybridized carbons (Fsp3) is 0.156. The largest absolute Gasteiger partial charge is 0.310 e. The van der Waals surface area contributed by atoms with Crippen LogP contribution in [0.25, 0.3) is 60.6 Å². The van der Waals surface area contributed by atoms with E-state index < -0.39 is 0 Å². The molecule has 5 aromatic carbocycles. The van der Waals surface area contributed by atoms with E-state index in [1.54, 1.807) is 0 Å². The van der Waals surface area contributed by atoms with Crippen molar-refractivity contribution in [1.82, 2.24) is 19.0 Å². The number of benzene rings is 5. The summed E-state index contributed by atoms with van der Waals surface area (Å²) >= 11 is 0. The van der Waals surface area contributed by atoms with Crippen LogP contribution in [0.5, 0.6) is 0 Å². The Morgan fingerprint density at radius 2 is 1.37 bits per heavy atom. The molecule has 2 fully saturated rings. The SMILES string of the molecule is CC1C=Cc2c(n3c4cc(C5NC(c6ccccc6)C67C=CC=CC6N57)ccc4n4c5ccccc5c5cccc(c6cccc2c63)c54)C1. The number of nitrogens with zero attached hydrogens (tertiary/aromatic N) is 3. The van der Waals surface area contributed by atoms with Crippen LogP contribution in [0.3, 0.4) is 0 Å². The summed E-state index contributed by atoms with van der Waals surface area (Å²) in [5, 5.41) is 10.7. The number of rotatable bonds is 2. The molecule has 4 heteroatoms. The lowest BCUT2D eigenvalue weighted by Gasteiger charge is -2.25.